The lowest BCUT2D eigenvalue weighted by atomic mass is 9.98. The van der Waals surface area contributed by atoms with Crippen LogP contribution in [0.15, 0.2) is 0 Å². The molecular weight excluding hydrogens is 232 g/mol. The minimum Gasteiger partial charge on any atom is -0.464 e. The average molecular weight is 250 g/mol. The van der Waals surface area contributed by atoms with Crippen LogP contribution in [0.25, 0.3) is 0 Å². The molecule has 2 aliphatic rings. The molecule has 0 aromatic carbocycles. The summed E-state index contributed by atoms with van der Waals surface area (Å²) in [4.78, 5) is 25.7. The molecule has 1 amide bonds. The van der Waals surface area contributed by atoms with Gasteiger partial charge >= 0.3 is 5.97 Å². The van der Waals surface area contributed by atoms with Crippen LogP contribution in [0.1, 0.15) is 39.0 Å². The number of carbonyl (C=O) groups excluding carboxylic acids is 2. The van der Waals surface area contributed by atoms with Crippen LogP contribution < -0.4 is 0 Å². The van der Waals surface area contributed by atoms with Crippen molar-refractivity contribution in [3.05, 3.63) is 0 Å². The topological polar surface area (TPSA) is 70.4 Å². The number of esters is 1. The molecule has 1 aliphatic carbocycles. The van der Waals surface area contributed by atoms with Gasteiger partial charge in [-0.05, 0) is 39.0 Å². The Kier molecular flexibility index (Phi) is 3.55. The van der Waals surface area contributed by atoms with E-state index in [1.165, 1.54) is 0 Å². The summed E-state index contributed by atoms with van der Waals surface area (Å²) in [5.41, 5.74) is -0.845. The van der Waals surface area contributed by atoms with Crippen LogP contribution in [0.4, 0.5) is 0 Å². The summed E-state index contributed by atoms with van der Waals surface area (Å²) in [6.07, 6.45) is 3.70. The van der Waals surface area contributed by atoms with Gasteiger partial charge in [-0.3, -0.25) is 4.79 Å². The van der Waals surface area contributed by atoms with Gasteiger partial charge in [-0.25, -0.2) is 4.79 Å². The summed E-state index contributed by atoms with van der Waals surface area (Å²) in [5, 5.41) is 9.07. The van der Waals surface area contributed by atoms with E-state index in [4.69, 9.17) is 10.00 Å². The molecule has 2 rings (SSSR count). The van der Waals surface area contributed by atoms with Gasteiger partial charge in [0.1, 0.15) is 11.5 Å². The molecule has 2 fully saturated rings. The van der Waals surface area contributed by atoms with Crippen molar-refractivity contribution < 1.29 is 14.3 Å². The number of rotatable bonds is 3. The first-order valence-corrected chi connectivity index (χ1v) is 6.53. The molecule has 0 aromatic heterocycles. The summed E-state index contributed by atoms with van der Waals surface area (Å²) in [6, 6.07) is 1.61. The molecule has 1 unspecified atom stereocenters. The number of hydrogen-bond acceptors (Lipinski definition) is 4. The van der Waals surface area contributed by atoms with E-state index in [9.17, 15) is 9.59 Å². The van der Waals surface area contributed by atoms with E-state index in [1.54, 1.807) is 11.8 Å². The Balaban J connectivity index is 2.11. The highest BCUT2D eigenvalue weighted by Gasteiger charge is 2.54. The number of piperidine rings is 1. The number of amides is 1. The maximum absolute atomic E-state index is 12.3. The second-order valence-corrected chi connectivity index (χ2v) is 4.96. The second kappa shape index (κ2) is 4.97. The van der Waals surface area contributed by atoms with Crippen molar-refractivity contribution >= 4 is 11.9 Å². The molecule has 1 saturated heterocycles. The van der Waals surface area contributed by atoms with Crippen LogP contribution in [-0.2, 0) is 14.3 Å². The Morgan fingerprint density at radius 1 is 1.44 bits per heavy atom. The first-order valence-electron chi connectivity index (χ1n) is 6.53. The van der Waals surface area contributed by atoms with Crippen molar-refractivity contribution in [2.24, 2.45) is 5.41 Å². The summed E-state index contributed by atoms with van der Waals surface area (Å²) >= 11 is 0. The zero-order chi connectivity index (χ0) is 13.2. The van der Waals surface area contributed by atoms with Crippen LogP contribution in [0, 0.1) is 16.7 Å². The predicted octanol–water partition coefficient (Wildman–Crippen LogP) is 1.23. The fraction of sp³-hybridized carbons (Fsp3) is 0.769. The van der Waals surface area contributed by atoms with Gasteiger partial charge in [0.25, 0.3) is 0 Å². The highest BCUT2D eigenvalue weighted by atomic mass is 16.5. The Morgan fingerprint density at radius 2 is 2.17 bits per heavy atom. The van der Waals surface area contributed by atoms with Crippen LogP contribution in [0.5, 0.6) is 0 Å². The number of nitrogens with zero attached hydrogens (tertiary/aromatic N) is 2. The quantitative estimate of drug-likeness (QED) is 0.706. The summed E-state index contributed by atoms with van der Waals surface area (Å²) in [6.45, 7) is 2.64. The zero-order valence-electron chi connectivity index (χ0n) is 10.6. The third-order valence-electron chi connectivity index (χ3n) is 3.70. The molecule has 5 nitrogen and oxygen atoms in total. The summed E-state index contributed by atoms with van der Waals surface area (Å²) in [5.74, 6) is -0.512. The number of carbonyl (C=O) groups is 2. The van der Waals surface area contributed by atoms with Crippen LogP contribution in [0.2, 0.25) is 0 Å². The van der Waals surface area contributed by atoms with Crippen molar-refractivity contribution in [2.75, 3.05) is 13.2 Å². The van der Waals surface area contributed by atoms with E-state index in [2.05, 4.69) is 6.07 Å². The highest BCUT2D eigenvalue weighted by molar-refractivity contribution is 5.92. The third kappa shape index (κ3) is 2.20. The molecule has 1 atom stereocenters. The van der Waals surface area contributed by atoms with E-state index < -0.39 is 11.5 Å². The molecule has 1 saturated carbocycles. The molecule has 0 spiro atoms. The van der Waals surface area contributed by atoms with E-state index >= 15 is 0 Å². The molecule has 1 aliphatic heterocycles. The van der Waals surface area contributed by atoms with Gasteiger partial charge in [0, 0.05) is 6.54 Å². The lowest BCUT2D eigenvalue weighted by Crippen LogP contribution is -2.51. The maximum Gasteiger partial charge on any atom is 0.328 e. The fourth-order valence-corrected chi connectivity index (χ4v) is 2.43. The normalized spacial score (nSPS) is 25.1. The van der Waals surface area contributed by atoms with Gasteiger partial charge in [-0.2, -0.15) is 5.26 Å². The molecule has 0 radical (unpaired) electrons. The maximum atomic E-state index is 12.3. The average Bonchev–Trinajstić information content (AvgIpc) is 3.19. The fourth-order valence-electron chi connectivity index (χ4n) is 2.43. The van der Waals surface area contributed by atoms with Gasteiger partial charge in [0.2, 0.25) is 5.91 Å². The minimum atomic E-state index is -0.845. The summed E-state index contributed by atoms with van der Waals surface area (Å²) < 4.78 is 5.01. The largest absolute Gasteiger partial charge is 0.464 e. The van der Waals surface area contributed by atoms with Crippen molar-refractivity contribution in [1.29, 1.82) is 5.26 Å². The van der Waals surface area contributed by atoms with Gasteiger partial charge < -0.3 is 9.64 Å². The molecule has 0 N–H and O–H groups in total. The molecule has 5 heteroatoms. The van der Waals surface area contributed by atoms with Gasteiger partial charge in [0.15, 0.2) is 0 Å². The third-order valence-corrected chi connectivity index (χ3v) is 3.70. The molecule has 1 heterocycles. The van der Waals surface area contributed by atoms with E-state index in [0.717, 1.165) is 12.8 Å². The summed E-state index contributed by atoms with van der Waals surface area (Å²) in [7, 11) is 0. The minimum absolute atomic E-state index is 0.178. The van der Waals surface area contributed by atoms with Gasteiger partial charge in [-0.15, -0.1) is 0 Å². The van der Waals surface area contributed by atoms with Gasteiger partial charge in [0.05, 0.1) is 12.7 Å². The monoisotopic (exact) mass is 250 g/mol. The molecule has 0 bridgehead atoms. The standard InChI is InChI=1S/C13H18N2O3/c1-2-18-11(16)10-5-3-4-8-15(10)12(17)13(9-14)6-7-13/h10H,2-8H2,1H3. The Bertz CT molecular complexity index is 396. The number of ether oxygens (including phenoxy) is 1. The van der Waals surface area contributed by atoms with Crippen LogP contribution >= 0.6 is 0 Å². The van der Waals surface area contributed by atoms with Crippen LogP contribution in [-0.4, -0.2) is 36.0 Å². The van der Waals surface area contributed by atoms with Crippen molar-refractivity contribution in [1.82, 2.24) is 4.90 Å². The zero-order valence-corrected chi connectivity index (χ0v) is 10.6. The molecule has 18 heavy (non-hydrogen) atoms. The first kappa shape index (κ1) is 12.9. The second-order valence-electron chi connectivity index (χ2n) is 4.96. The predicted molar refractivity (Wildman–Crippen MR) is 63.3 cm³/mol. The van der Waals surface area contributed by atoms with E-state index in [1.807, 2.05) is 0 Å². The Labute approximate surface area is 107 Å². The molecule has 0 aromatic rings. The Hall–Kier alpha value is -1.57. The molecular formula is C13H18N2O3. The van der Waals surface area contributed by atoms with E-state index in [0.29, 0.717) is 32.4 Å². The van der Waals surface area contributed by atoms with Crippen LogP contribution in [0.3, 0.4) is 0 Å². The highest BCUT2D eigenvalue weighted by Crippen LogP contribution is 2.47. The Morgan fingerprint density at radius 3 is 2.72 bits per heavy atom. The SMILES string of the molecule is CCOC(=O)C1CCCCN1C(=O)C1(C#N)CC1. The van der Waals surface area contributed by atoms with Crippen molar-refractivity contribution in [3.63, 3.8) is 0 Å². The molecule has 98 valence electrons. The first-order chi connectivity index (χ1) is 8.64. The lowest BCUT2D eigenvalue weighted by Gasteiger charge is -2.35. The van der Waals surface area contributed by atoms with E-state index in [-0.39, 0.29) is 11.9 Å². The van der Waals surface area contributed by atoms with Crippen molar-refractivity contribution in [3.8, 4) is 6.07 Å². The lowest BCUT2D eigenvalue weighted by molar-refractivity contribution is -0.157. The number of nitriles is 1. The number of likely N-dealkylation sites (tertiary alicyclic amines) is 1. The van der Waals surface area contributed by atoms with Gasteiger partial charge in [-0.1, -0.05) is 0 Å². The smallest absolute Gasteiger partial charge is 0.328 e. The number of hydrogen-bond donors (Lipinski definition) is 0. The van der Waals surface area contributed by atoms with Crippen molar-refractivity contribution in [2.45, 2.75) is 45.1 Å².